The summed E-state index contributed by atoms with van der Waals surface area (Å²) in [5.74, 6) is 0.298. The van der Waals surface area contributed by atoms with Crippen LogP contribution < -0.4 is 10.1 Å². The number of nitrogens with one attached hydrogen (secondary N) is 1. The summed E-state index contributed by atoms with van der Waals surface area (Å²) in [4.78, 5) is 12.6. The van der Waals surface area contributed by atoms with Crippen LogP contribution in [-0.4, -0.2) is 44.4 Å². The van der Waals surface area contributed by atoms with Crippen molar-refractivity contribution in [2.45, 2.75) is 51.0 Å². The first-order chi connectivity index (χ1) is 11.9. The van der Waals surface area contributed by atoms with Crippen LogP contribution in [0.2, 0.25) is 0 Å². The second kappa shape index (κ2) is 8.67. The van der Waals surface area contributed by atoms with Gasteiger partial charge < -0.3 is 10.1 Å². The summed E-state index contributed by atoms with van der Waals surface area (Å²) in [5, 5.41) is 2.96. The quantitative estimate of drug-likeness (QED) is 0.802. The molecule has 0 unspecified atom stereocenters. The Labute approximate surface area is 150 Å². The highest BCUT2D eigenvalue weighted by atomic mass is 32.2. The van der Waals surface area contributed by atoms with Gasteiger partial charge in [-0.1, -0.05) is 6.92 Å². The lowest BCUT2D eigenvalue weighted by atomic mass is 9.98. The molecule has 140 valence electrons. The highest BCUT2D eigenvalue weighted by Gasteiger charge is 2.33. The van der Waals surface area contributed by atoms with Crippen molar-refractivity contribution >= 4 is 15.9 Å². The van der Waals surface area contributed by atoms with Crippen molar-refractivity contribution in [2.24, 2.45) is 5.92 Å². The van der Waals surface area contributed by atoms with Crippen LogP contribution in [0, 0.1) is 5.92 Å². The molecule has 0 bridgehead atoms. The molecule has 1 amide bonds. The standard InChI is InChI=1S/C18H28N2O4S/c1-4-14(3)19-18(21)15-7-6-12-20(13-15)25(22,23)17-10-8-16(9-11-17)24-5-2/h8-11,14-15H,4-7,12-13H2,1-3H3,(H,19,21)/t14-,15+/m1/s1. The van der Waals surface area contributed by atoms with Crippen LogP contribution in [0.1, 0.15) is 40.0 Å². The van der Waals surface area contributed by atoms with Crippen LogP contribution in [0.5, 0.6) is 5.75 Å². The first-order valence-corrected chi connectivity index (χ1v) is 10.4. The van der Waals surface area contributed by atoms with E-state index in [2.05, 4.69) is 5.32 Å². The highest BCUT2D eigenvalue weighted by Crippen LogP contribution is 2.25. The van der Waals surface area contributed by atoms with Gasteiger partial charge in [0, 0.05) is 19.1 Å². The van der Waals surface area contributed by atoms with Gasteiger partial charge in [-0.2, -0.15) is 4.31 Å². The zero-order chi connectivity index (χ0) is 18.4. The van der Waals surface area contributed by atoms with Crippen LogP contribution in [0.25, 0.3) is 0 Å². The number of nitrogens with zero attached hydrogens (tertiary/aromatic N) is 1. The van der Waals surface area contributed by atoms with Crippen molar-refractivity contribution in [3.05, 3.63) is 24.3 Å². The summed E-state index contributed by atoms with van der Waals surface area (Å²) >= 11 is 0. The SMILES string of the molecule is CCOc1ccc(S(=O)(=O)N2CCC[C@H](C(=O)N[C@H](C)CC)C2)cc1. The molecule has 1 aliphatic rings. The molecule has 0 aliphatic carbocycles. The number of carbonyl (C=O) groups is 1. The van der Waals surface area contributed by atoms with Gasteiger partial charge in [0.25, 0.3) is 0 Å². The Hall–Kier alpha value is -1.60. The van der Waals surface area contributed by atoms with E-state index in [1.54, 1.807) is 24.3 Å². The number of rotatable bonds is 7. The lowest BCUT2D eigenvalue weighted by Gasteiger charge is -2.31. The fraction of sp³-hybridized carbons (Fsp3) is 0.611. The Kier molecular flexibility index (Phi) is 6.84. The zero-order valence-electron chi connectivity index (χ0n) is 15.2. The van der Waals surface area contributed by atoms with E-state index in [9.17, 15) is 13.2 Å². The maximum Gasteiger partial charge on any atom is 0.243 e. The van der Waals surface area contributed by atoms with E-state index in [4.69, 9.17) is 4.74 Å². The molecule has 1 saturated heterocycles. The third kappa shape index (κ3) is 4.95. The van der Waals surface area contributed by atoms with E-state index in [-0.39, 0.29) is 29.3 Å². The molecule has 0 aromatic heterocycles. The van der Waals surface area contributed by atoms with Gasteiger partial charge in [-0.3, -0.25) is 4.79 Å². The van der Waals surface area contributed by atoms with Crippen LogP contribution in [0.4, 0.5) is 0 Å². The topological polar surface area (TPSA) is 75.7 Å². The van der Waals surface area contributed by atoms with E-state index in [1.807, 2.05) is 20.8 Å². The molecular weight excluding hydrogens is 340 g/mol. The van der Waals surface area contributed by atoms with E-state index >= 15 is 0 Å². The molecule has 1 aliphatic heterocycles. The maximum atomic E-state index is 12.9. The second-order valence-electron chi connectivity index (χ2n) is 6.42. The number of hydrogen-bond donors (Lipinski definition) is 1. The Morgan fingerprint density at radius 2 is 2.00 bits per heavy atom. The molecule has 1 heterocycles. The van der Waals surface area contributed by atoms with Gasteiger partial charge >= 0.3 is 0 Å². The van der Waals surface area contributed by atoms with Crippen LogP contribution >= 0.6 is 0 Å². The van der Waals surface area contributed by atoms with Crippen LogP contribution in [0.3, 0.4) is 0 Å². The minimum absolute atomic E-state index is 0.0547. The van der Waals surface area contributed by atoms with Crippen molar-refractivity contribution in [3.8, 4) is 5.75 Å². The van der Waals surface area contributed by atoms with Gasteiger partial charge in [-0.05, 0) is 57.4 Å². The Bertz CT molecular complexity index is 673. The molecule has 25 heavy (non-hydrogen) atoms. The minimum Gasteiger partial charge on any atom is -0.494 e. The van der Waals surface area contributed by atoms with Crippen molar-refractivity contribution in [2.75, 3.05) is 19.7 Å². The van der Waals surface area contributed by atoms with Gasteiger partial charge in [-0.25, -0.2) is 8.42 Å². The number of benzene rings is 1. The molecule has 1 aromatic carbocycles. The van der Waals surface area contributed by atoms with Gasteiger partial charge in [0.05, 0.1) is 17.4 Å². The van der Waals surface area contributed by atoms with E-state index in [0.717, 1.165) is 12.8 Å². The van der Waals surface area contributed by atoms with E-state index in [0.29, 0.717) is 25.3 Å². The predicted octanol–water partition coefficient (Wildman–Crippen LogP) is 2.40. The molecule has 1 aromatic rings. The monoisotopic (exact) mass is 368 g/mol. The van der Waals surface area contributed by atoms with Gasteiger partial charge in [0.1, 0.15) is 5.75 Å². The Morgan fingerprint density at radius 1 is 1.32 bits per heavy atom. The molecule has 0 saturated carbocycles. The Balaban J connectivity index is 2.09. The molecule has 0 radical (unpaired) electrons. The largest absolute Gasteiger partial charge is 0.494 e. The molecule has 1 N–H and O–H groups in total. The average molecular weight is 368 g/mol. The van der Waals surface area contributed by atoms with Gasteiger partial charge in [-0.15, -0.1) is 0 Å². The summed E-state index contributed by atoms with van der Waals surface area (Å²) < 4.78 is 32.5. The summed E-state index contributed by atoms with van der Waals surface area (Å²) in [6.07, 6.45) is 2.26. The smallest absolute Gasteiger partial charge is 0.243 e. The molecule has 7 heteroatoms. The maximum absolute atomic E-state index is 12.9. The van der Waals surface area contributed by atoms with Crippen LogP contribution in [0.15, 0.2) is 29.2 Å². The van der Waals surface area contributed by atoms with Crippen molar-refractivity contribution in [3.63, 3.8) is 0 Å². The normalized spacial score (nSPS) is 20.0. The summed E-state index contributed by atoms with van der Waals surface area (Å²) in [6, 6.07) is 6.54. The van der Waals surface area contributed by atoms with E-state index < -0.39 is 10.0 Å². The first-order valence-electron chi connectivity index (χ1n) is 8.91. The number of hydrogen-bond acceptors (Lipinski definition) is 4. The lowest BCUT2D eigenvalue weighted by molar-refractivity contribution is -0.126. The number of ether oxygens (including phenoxy) is 1. The summed E-state index contributed by atoms with van der Waals surface area (Å²) in [5.41, 5.74) is 0. The predicted molar refractivity (Wildman–Crippen MR) is 97.0 cm³/mol. The highest BCUT2D eigenvalue weighted by molar-refractivity contribution is 7.89. The zero-order valence-corrected chi connectivity index (χ0v) is 16.0. The fourth-order valence-corrected chi connectivity index (χ4v) is 4.38. The van der Waals surface area contributed by atoms with E-state index in [1.165, 1.54) is 4.31 Å². The third-order valence-electron chi connectivity index (χ3n) is 4.53. The fourth-order valence-electron chi connectivity index (χ4n) is 2.86. The molecule has 0 spiro atoms. The summed E-state index contributed by atoms with van der Waals surface area (Å²) in [7, 11) is -3.60. The molecule has 2 rings (SSSR count). The Morgan fingerprint density at radius 3 is 2.60 bits per heavy atom. The lowest BCUT2D eigenvalue weighted by Crippen LogP contribution is -2.46. The van der Waals surface area contributed by atoms with Crippen molar-refractivity contribution in [1.82, 2.24) is 9.62 Å². The first kappa shape index (κ1) is 19.7. The number of amides is 1. The number of piperidine rings is 1. The summed E-state index contributed by atoms with van der Waals surface area (Å²) in [6.45, 7) is 7.05. The molecule has 2 atom stereocenters. The second-order valence-corrected chi connectivity index (χ2v) is 8.36. The van der Waals surface area contributed by atoms with Crippen LogP contribution in [-0.2, 0) is 14.8 Å². The molecule has 6 nitrogen and oxygen atoms in total. The van der Waals surface area contributed by atoms with Crippen molar-refractivity contribution < 1.29 is 17.9 Å². The number of sulfonamides is 1. The third-order valence-corrected chi connectivity index (χ3v) is 6.41. The molecular formula is C18H28N2O4S. The minimum atomic E-state index is -3.60. The van der Waals surface area contributed by atoms with Crippen molar-refractivity contribution in [1.29, 1.82) is 0 Å². The average Bonchev–Trinajstić information content (AvgIpc) is 2.62. The molecule has 1 fully saturated rings. The van der Waals surface area contributed by atoms with Gasteiger partial charge in [0.15, 0.2) is 0 Å². The number of carbonyl (C=O) groups excluding carboxylic acids is 1. The van der Waals surface area contributed by atoms with Gasteiger partial charge in [0.2, 0.25) is 15.9 Å².